The number of rotatable bonds is 10. The number of methoxy groups -OCH3 is 1. The number of fused-ring (bicyclic) bond motifs is 1. The van der Waals surface area contributed by atoms with Crippen LogP contribution in [0.5, 0.6) is 5.75 Å². The fraction of sp³-hybridized carbons (Fsp3) is 0.250. The van der Waals surface area contributed by atoms with Crippen LogP contribution in [-0.4, -0.2) is 44.7 Å². The number of hydrogen-bond donors (Lipinski definition) is 2. The fourth-order valence-electron chi connectivity index (χ4n) is 3.65. The highest BCUT2D eigenvalue weighted by molar-refractivity contribution is 7.90. The number of aromatic nitrogens is 2. The molecule has 168 valence electrons. The van der Waals surface area contributed by atoms with Crippen molar-refractivity contribution in [2.24, 2.45) is 0 Å². The average Bonchev–Trinajstić information content (AvgIpc) is 3.44. The summed E-state index contributed by atoms with van der Waals surface area (Å²) in [5, 5.41) is 4.11. The zero-order valence-electron chi connectivity index (χ0n) is 18.2. The van der Waals surface area contributed by atoms with Gasteiger partial charge in [-0.25, -0.2) is 12.4 Å². The molecule has 0 aliphatic carbocycles. The third-order valence-corrected chi connectivity index (χ3v) is 6.87. The van der Waals surface area contributed by atoms with E-state index >= 15 is 0 Å². The monoisotopic (exact) mass is 453 g/mol. The Morgan fingerprint density at radius 3 is 2.75 bits per heavy atom. The van der Waals surface area contributed by atoms with Crippen LogP contribution in [0, 0.1) is 0 Å². The lowest BCUT2D eigenvalue weighted by molar-refractivity contribution is 0.172. The van der Waals surface area contributed by atoms with Crippen molar-refractivity contribution < 1.29 is 17.9 Å². The second-order valence-corrected chi connectivity index (χ2v) is 9.33. The van der Waals surface area contributed by atoms with Crippen molar-refractivity contribution in [3.63, 3.8) is 0 Å². The molecule has 4 aromatic rings. The Hall–Kier alpha value is -3.07. The van der Waals surface area contributed by atoms with Crippen LogP contribution in [0.25, 0.3) is 22.2 Å². The van der Waals surface area contributed by atoms with E-state index in [0.717, 1.165) is 28.5 Å². The van der Waals surface area contributed by atoms with Crippen molar-refractivity contribution in [2.45, 2.75) is 17.9 Å². The Balaban J connectivity index is 1.73. The molecular weight excluding hydrogens is 426 g/mol. The van der Waals surface area contributed by atoms with Crippen molar-refractivity contribution in [3.05, 3.63) is 72.6 Å². The minimum absolute atomic E-state index is 0.178. The quantitative estimate of drug-likeness (QED) is 0.355. The lowest BCUT2D eigenvalue weighted by atomic mass is 10.1. The molecule has 0 saturated carbocycles. The summed E-state index contributed by atoms with van der Waals surface area (Å²) in [6.45, 7) is 1.60. The van der Waals surface area contributed by atoms with Crippen LogP contribution in [-0.2, 0) is 21.3 Å². The van der Waals surface area contributed by atoms with Gasteiger partial charge in [-0.3, -0.25) is 0 Å². The molecule has 0 spiro atoms. The van der Waals surface area contributed by atoms with Crippen LogP contribution in [0.15, 0.2) is 71.9 Å². The van der Waals surface area contributed by atoms with Crippen molar-refractivity contribution in [2.75, 3.05) is 27.4 Å². The summed E-state index contributed by atoms with van der Waals surface area (Å²) in [6.07, 6.45) is 4.27. The summed E-state index contributed by atoms with van der Waals surface area (Å²) in [5.41, 5.74) is 3.33. The standard InChI is InChI=1S/C24H27N3O4S/c1-25-16-18-13-24(20-7-8-23-19(14-20)9-10-26-23)27(17-18)32(28,29)22-6-3-5-21(15-22)31-12-4-11-30-2/h3,5-10,13-15,17,25-26H,4,11-12,16H2,1-2H3. The SMILES string of the molecule is CNCc1cc(-c2ccc3[nH]ccc3c2)n(S(=O)(=O)c2cccc(OCCCOC)c2)c1. The third-order valence-electron chi connectivity index (χ3n) is 5.20. The molecule has 0 bridgehead atoms. The smallest absolute Gasteiger partial charge is 0.268 e. The average molecular weight is 454 g/mol. The van der Waals surface area contributed by atoms with E-state index in [1.54, 1.807) is 37.6 Å². The first-order chi connectivity index (χ1) is 15.5. The predicted molar refractivity (Wildman–Crippen MR) is 126 cm³/mol. The molecular formula is C24H27N3O4S. The maximum Gasteiger partial charge on any atom is 0.268 e. The maximum atomic E-state index is 13.6. The molecule has 2 aromatic heterocycles. The van der Waals surface area contributed by atoms with E-state index < -0.39 is 10.0 Å². The normalized spacial score (nSPS) is 11.8. The largest absolute Gasteiger partial charge is 0.493 e. The van der Waals surface area contributed by atoms with Gasteiger partial charge in [-0.1, -0.05) is 12.1 Å². The Morgan fingerprint density at radius 2 is 1.94 bits per heavy atom. The number of aromatic amines is 1. The summed E-state index contributed by atoms with van der Waals surface area (Å²) >= 11 is 0. The van der Waals surface area contributed by atoms with Crippen molar-refractivity contribution in [3.8, 4) is 17.0 Å². The number of nitrogens with one attached hydrogen (secondary N) is 2. The Morgan fingerprint density at radius 1 is 1.06 bits per heavy atom. The highest BCUT2D eigenvalue weighted by Crippen LogP contribution is 2.30. The number of hydrogen-bond acceptors (Lipinski definition) is 5. The molecule has 0 aliphatic rings. The van der Waals surface area contributed by atoms with Crippen LogP contribution in [0.2, 0.25) is 0 Å². The molecule has 0 aliphatic heterocycles. The summed E-state index contributed by atoms with van der Waals surface area (Å²) in [7, 11) is -0.365. The molecule has 2 heterocycles. The van der Waals surface area contributed by atoms with Gasteiger partial charge in [0, 0.05) is 56.0 Å². The lowest BCUT2D eigenvalue weighted by Gasteiger charge is -2.12. The first-order valence-electron chi connectivity index (χ1n) is 10.4. The molecule has 2 aromatic carbocycles. The highest BCUT2D eigenvalue weighted by atomic mass is 32.2. The first-order valence-corrected chi connectivity index (χ1v) is 11.9. The van der Waals surface area contributed by atoms with Crippen LogP contribution >= 0.6 is 0 Å². The van der Waals surface area contributed by atoms with E-state index in [9.17, 15) is 8.42 Å². The molecule has 2 N–H and O–H groups in total. The molecule has 0 atom stereocenters. The molecule has 0 unspecified atom stereocenters. The minimum Gasteiger partial charge on any atom is -0.493 e. The number of nitrogens with zero attached hydrogens (tertiary/aromatic N) is 1. The number of benzene rings is 2. The Bertz CT molecular complexity index is 1310. The molecule has 4 rings (SSSR count). The van der Waals surface area contributed by atoms with Gasteiger partial charge in [0.2, 0.25) is 0 Å². The van der Waals surface area contributed by atoms with Crippen LogP contribution in [0.3, 0.4) is 0 Å². The minimum atomic E-state index is -3.84. The zero-order valence-corrected chi connectivity index (χ0v) is 19.0. The van der Waals surface area contributed by atoms with E-state index in [2.05, 4.69) is 10.3 Å². The topological polar surface area (TPSA) is 85.4 Å². The molecule has 0 radical (unpaired) electrons. The van der Waals surface area contributed by atoms with Crippen molar-refractivity contribution in [1.82, 2.24) is 14.3 Å². The zero-order chi connectivity index (χ0) is 22.6. The Labute approximate surface area is 188 Å². The van der Waals surface area contributed by atoms with Crippen LogP contribution in [0.1, 0.15) is 12.0 Å². The maximum absolute atomic E-state index is 13.6. The van der Waals surface area contributed by atoms with E-state index in [0.29, 0.717) is 31.2 Å². The molecule has 0 fully saturated rings. The second-order valence-electron chi connectivity index (χ2n) is 7.51. The van der Waals surface area contributed by atoms with E-state index in [1.807, 2.05) is 43.6 Å². The van der Waals surface area contributed by atoms with E-state index in [1.165, 1.54) is 3.97 Å². The van der Waals surface area contributed by atoms with E-state index in [4.69, 9.17) is 9.47 Å². The second kappa shape index (κ2) is 9.60. The molecule has 0 saturated heterocycles. The van der Waals surface area contributed by atoms with Gasteiger partial charge in [-0.15, -0.1) is 0 Å². The lowest BCUT2D eigenvalue weighted by Crippen LogP contribution is -2.14. The van der Waals surface area contributed by atoms with Gasteiger partial charge in [0.1, 0.15) is 5.75 Å². The third kappa shape index (κ3) is 4.57. The van der Waals surface area contributed by atoms with Crippen LogP contribution in [0.4, 0.5) is 0 Å². The molecule has 7 nitrogen and oxygen atoms in total. The molecule has 0 amide bonds. The molecule has 8 heteroatoms. The van der Waals surface area contributed by atoms with Gasteiger partial charge in [-0.05, 0) is 54.6 Å². The van der Waals surface area contributed by atoms with Crippen molar-refractivity contribution in [1.29, 1.82) is 0 Å². The summed E-state index contributed by atoms with van der Waals surface area (Å²) in [6, 6.07) is 16.4. The van der Waals surface area contributed by atoms with Gasteiger partial charge in [-0.2, -0.15) is 0 Å². The van der Waals surface area contributed by atoms with Gasteiger partial charge in [0.25, 0.3) is 10.0 Å². The van der Waals surface area contributed by atoms with Gasteiger partial charge in [0.05, 0.1) is 17.2 Å². The summed E-state index contributed by atoms with van der Waals surface area (Å²) in [5.74, 6) is 0.514. The summed E-state index contributed by atoms with van der Waals surface area (Å²) < 4.78 is 39.4. The van der Waals surface area contributed by atoms with E-state index in [-0.39, 0.29) is 4.90 Å². The first kappa shape index (κ1) is 22.1. The van der Waals surface area contributed by atoms with Gasteiger partial charge < -0.3 is 19.8 Å². The van der Waals surface area contributed by atoms with Gasteiger partial charge >= 0.3 is 0 Å². The summed E-state index contributed by atoms with van der Waals surface area (Å²) in [4.78, 5) is 3.35. The number of H-pyrrole nitrogens is 1. The van der Waals surface area contributed by atoms with Gasteiger partial charge in [0.15, 0.2) is 0 Å². The number of ether oxygens (including phenoxy) is 2. The van der Waals surface area contributed by atoms with Crippen molar-refractivity contribution >= 4 is 20.9 Å². The molecule has 32 heavy (non-hydrogen) atoms. The Kier molecular flexibility index (Phi) is 6.64. The highest BCUT2D eigenvalue weighted by Gasteiger charge is 2.22. The van der Waals surface area contributed by atoms with Crippen LogP contribution < -0.4 is 10.1 Å². The predicted octanol–water partition coefficient (Wildman–Crippen LogP) is 4.01. The fourth-order valence-corrected chi connectivity index (χ4v) is 5.08.